The fourth-order valence-electron chi connectivity index (χ4n) is 2.37. The molecule has 0 spiro atoms. The smallest absolute Gasteiger partial charge is 0.280 e. The highest BCUT2D eigenvalue weighted by Gasteiger charge is 2.28. The van der Waals surface area contributed by atoms with Crippen LogP contribution in [0.1, 0.15) is 12.5 Å². The zero-order valence-corrected chi connectivity index (χ0v) is 13.5. The maximum atomic E-state index is 12.6. The highest BCUT2D eigenvalue weighted by Crippen LogP contribution is 2.28. The van der Waals surface area contributed by atoms with Crippen LogP contribution in [0.5, 0.6) is 5.75 Å². The van der Waals surface area contributed by atoms with E-state index >= 15 is 0 Å². The molecule has 0 unspecified atom stereocenters. The van der Waals surface area contributed by atoms with Crippen molar-refractivity contribution >= 4 is 35.0 Å². The number of amides is 1. The number of halogens is 1. The zero-order valence-electron chi connectivity index (χ0n) is 12.8. The summed E-state index contributed by atoms with van der Waals surface area (Å²) in [7, 11) is 1.56. The second-order valence-corrected chi connectivity index (χ2v) is 5.50. The van der Waals surface area contributed by atoms with E-state index in [2.05, 4.69) is 5.10 Å². The van der Waals surface area contributed by atoms with E-state index in [1.54, 1.807) is 25.3 Å². The van der Waals surface area contributed by atoms with Gasteiger partial charge in [-0.2, -0.15) is 10.1 Å². The third-order valence-corrected chi connectivity index (χ3v) is 3.85. The number of rotatable bonds is 3. The fraction of sp³-hybridized carbons (Fsp3) is 0.111. The minimum absolute atomic E-state index is 0.152. The van der Waals surface area contributed by atoms with Gasteiger partial charge in [0, 0.05) is 0 Å². The highest BCUT2D eigenvalue weighted by molar-refractivity contribution is 6.33. The molecule has 0 N–H and O–H groups in total. The average Bonchev–Trinajstić information content (AvgIpc) is 2.84. The number of hydrogen-bond acceptors (Lipinski definition) is 3. The molecule has 1 aliphatic rings. The van der Waals surface area contributed by atoms with Crippen LogP contribution in [0.4, 0.5) is 5.69 Å². The van der Waals surface area contributed by atoms with E-state index in [1.807, 2.05) is 43.3 Å². The summed E-state index contributed by atoms with van der Waals surface area (Å²) in [5.41, 5.74) is 2.79. The van der Waals surface area contributed by atoms with Crippen molar-refractivity contribution in [2.45, 2.75) is 6.92 Å². The predicted octanol–water partition coefficient (Wildman–Crippen LogP) is 4.15. The zero-order chi connectivity index (χ0) is 16.4. The molecule has 1 amide bonds. The Labute approximate surface area is 139 Å². The fourth-order valence-corrected chi connectivity index (χ4v) is 2.63. The van der Waals surface area contributed by atoms with Crippen molar-refractivity contribution in [3.8, 4) is 5.75 Å². The van der Waals surface area contributed by atoms with Crippen LogP contribution < -0.4 is 9.75 Å². The van der Waals surface area contributed by atoms with E-state index in [9.17, 15) is 4.79 Å². The third-order valence-electron chi connectivity index (χ3n) is 3.55. The van der Waals surface area contributed by atoms with Gasteiger partial charge in [0.05, 0.1) is 29.1 Å². The molecule has 23 heavy (non-hydrogen) atoms. The molecular weight excluding hydrogens is 312 g/mol. The van der Waals surface area contributed by atoms with Gasteiger partial charge in [-0.25, -0.2) is 0 Å². The second-order valence-electron chi connectivity index (χ2n) is 5.09. The first-order chi connectivity index (χ1) is 11.1. The molecule has 0 radical (unpaired) electrons. The van der Waals surface area contributed by atoms with Crippen molar-refractivity contribution in [3.05, 3.63) is 64.7 Å². The van der Waals surface area contributed by atoms with Gasteiger partial charge in [0.25, 0.3) is 5.91 Å². The number of hydrogen-bond donors (Lipinski definition) is 0. The highest BCUT2D eigenvalue weighted by atomic mass is 35.5. The first-order valence-corrected chi connectivity index (χ1v) is 7.48. The summed E-state index contributed by atoms with van der Waals surface area (Å²) in [5, 5.41) is 6.26. The molecule has 116 valence electrons. The Bertz CT molecular complexity index is 813. The van der Waals surface area contributed by atoms with Gasteiger partial charge in [-0.1, -0.05) is 35.9 Å². The summed E-state index contributed by atoms with van der Waals surface area (Å²) in [4.78, 5) is 12.6. The van der Waals surface area contributed by atoms with E-state index in [4.69, 9.17) is 16.3 Å². The topological polar surface area (TPSA) is 41.9 Å². The molecule has 0 aromatic heterocycles. The predicted molar refractivity (Wildman–Crippen MR) is 93.0 cm³/mol. The quantitative estimate of drug-likeness (QED) is 0.795. The number of benzene rings is 2. The van der Waals surface area contributed by atoms with Crippen molar-refractivity contribution in [1.82, 2.24) is 0 Å². The SMILES string of the molecule is COc1ccc(C=C2C(=O)N(c3ccccc3)N=C2C)cc1Cl. The van der Waals surface area contributed by atoms with Gasteiger partial charge < -0.3 is 4.74 Å². The summed E-state index contributed by atoms with van der Waals surface area (Å²) in [5.74, 6) is 0.448. The monoisotopic (exact) mass is 326 g/mol. The Kier molecular flexibility index (Phi) is 4.17. The lowest BCUT2D eigenvalue weighted by Crippen LogP contribution is -2.21. The number of anilines is 1. The normalized spacial score (nSPS) is 16.0. The summed E-state index contributed by atoms with van der Waals surface area (Å²) < 4.78 is 5.14. The summed E-state index contributed by atoms with van der Waals surface area (Å²) >= 11 is 6.13. The van der Waals surface area contributed by atoms with Crippen LogP contribution in [0.3, 0.4) is 0 Å². The number of carbonyl (C=O) groups excluding carboxylic acids is 1. The molecule has 0 bridgehead atoms. The lowest BCUT2D eigenvalue weighted by atomic mass is 10.1. The van der Waals surface area contributed by atoms with Crippen LogP contribution in [0.15, 0.2) is 59.2 Å². The first-order valence-electron chi connectivity index (χ1n) is 7.10. The van der Waals surface area contributed by atoms with Crippen LogP contribution >= 0.6 is 11.6 Å². The molecule has 2 aromatic rings. The van der Waals surface area contributed by atoms with Crippen molar-refractivity contribution in [2.75, 3.05) is 12.1 Å². The molecular formula is C18H15ClN2O2. The minimum Gasteiger partial charge on any atom is -0.495 e. The van der Waals surface area contributed by atoms with Crippen LogP contribution in [0.2, 0.25) is 5.02 Å². The molecule has 0 saturated carbocycles. The molecule has 1 aliphatic heterocycles. The Morgan fingerprint density at radius 1 is 1.17 bits per heavy atom. The Hall–Kier alpha value is -2.59. The average molecular weight is 327 g/mol. The van der Waals surface area contributed by atoms with E-state index < -0.39 is 0 Å². The van der Waals surface area contributed by atoms with Crippen LogP contribution in [0, 0.1) is 0 Å². The molecule has 0 aliphatic carbocycles. The van der Waals surface area contributed by atoms with E-state index in [-0.39, 0.29) is 5.91 Å². The Morgan fingerprint density at radius 2 is 1.91 bits per heavy atom. The maximum Gasteiger partial charge on any atom is 0.280 e. The van der Waals surface area contributed by atoms with Crippen molar-refractivity contribution in [1.29, 1.82) is 0 Å². The van der Waals surface area contributed by atoms with Crippen LogP contribution in [-0.4, -0.2) is 18.7 Å². The molecule has 4 nitrogen and oxygen atoms in total. The molecule has 5 heteroatoms. The lowest BCUT2D eigenvalue weighted by Gasteiger charge is -2.11. The molecule has 3 rings (SSSR count). The van der Waals surface area contributed by atoms with Gasteiger partial charge in [0.15, 0.2) is 0 Å². The largest absolute Gasteiger partial charge is 0.495 e. The van der Waals surface area contributed by atoms with Gasteiger partial charge in [-0.05, 0) is 42.8 Å². The molecule has 0 fully saturated rings. The van der Waals surface area contributed by atoms with Gasteiger partial charge >= 0.3 is 0 Å². The van der Waals surface area contributed by atoms with E-state index in [0.29, 0.717) is 22.1 Å². The third kappa shape index (κ3) is 2.98. The van der Waals surface area contributed by atoms with Crippen molar-refractivity contribution < 1.29 is 9.53 Å². The number of ether oxygens (including phenoxy) is 1. The van der Waals surface area contributed by atoms with Gasteiger partial charge in [0.2, 0.25) is 0 Å². The molecule has 1 heterocycles. The first kappa shape index (κ1) is 15.3. The summed E-state index contributed by atoms with van der Waals surface area (Å²) in [6, 6.07) is 14.7. The van der Waals surface area contributed by atoms with E-state index in [0.717, 1.165) is 11.3 Å². The van der Waals surface area contributed by atoms with Gasteiger partial charge in [-0.3, -0.25) is 4.79 Å². The summed E-state index contributed by atoms with van der Waals surface area (Å²) in [6.07, 6.45) is 1.79. The number of nitrogens with zero attached hydrogens (tertiary/aromatic N) is 2. The van der Waals surface area contributed by atoms with Crippen LogP contribution in [-0.2, 0) is 4.79 Å². The van der Waals surface area contributed by atoms with E-state index in [1.165, 1.54) is 5.01 Å². The maximum absolute atomic E-state index is 12.6. The second kappa shape index (κ2) is 6.26. The standard InChI is InChI=1S/C18H15ClN2O2/c1-12-15(10-13-8-9-17(23-2)16(19)11-13)18(22)21(20-12)14-6-4-3-5-7-14/h3-11H,1-2H3. The number of methoxy groups -OCH3 is 1. The molecule has 2 aromatic carbocycles. The van der Waals surface area contributed by atoms with Crippen LogP contribution in [0.25, 0.3) is 6.08 Å². The number of hydrazone groups is 1. The van der Waals surface area contributed by atoms with Crippen molar-refractivity contribution in [2.24, 2.45) is 5.10 Å². The Balaban J connectivity index is 1.94. The number of para-hydroxylation sites is 1. The Morgan fingerprint density at radius 3 is 2.57 bits per heavy atom. The summed E-state index contributed by atoms with van der Waals surface area (Å²) in [6.45, 7) is 1.82. The van der Waals surface area contributed by atoms with Crippen molar-refractivity contribution in [3.63, 3.8) is 0 Å². The van der Waals surface area contributed by atoms with Gasteiger partial charge in [-0.15, -0.1) is 0 Å². The molecule has 0 atom stereocenters. The lowest BCUT2D eigenvalue weighted by molar-refractivity contribution is -0.114. The van der Waals surface area contributed by atoms with Gasteiger partial charge in [0.1, 0.15) is 5.75 Å². The number of carbonyl (C=O) groups is 1. The minimum atomic E-state index is -0.152. The molecule has 0 saturated heterocycles.